The second-order valence-corrected chi connectivity index (χ2v) is 7.00. The highest BCUT2D eigenvalue weighted by molar-refractivity contribution is 5.84. The maximum atomic E-state index is 15.7. The van der Waals surface area contributed by atoms with E-state index in [1.807, 2.05) is 0 Å². The zero-order valence-corrected chi connectivity index (χ0v) is 15.2. The largest absolute Gasteiger partial charge is 0.381 e. The van der Waals surface area contributed by atoms with Crippen LogP contribution in [0.1, 0.15) is 36.6 Å². The average molecular weight is 399 g/mol. The Morgan fingerprint density at radius 3 is 2.69 bits per heavy atom. The minimum atomic E-state index is -2.68. The number of benzene rings is 1. The molecule has 0 aliphatic carbocycles. The van der Waals surface area contributed by atoms with Crippen molar-refractivity contribution < 1.29 is 17.9 Å². The van der Waals surface area contributed by atoms with Crippen molar-refractivity contribution in [2.45, 2.75) is 25.2 Å². The van der Waals surface area contributed by atoms with Gasteiger partial charge in [-0.3, -0.25) is 14.4 Å². The zero-order chi connectivity index (χ0) is 20.0. The molecule has 0 atom stereocenters. The van der Waals surface area contributed by atoms with E-state index in [1.54, 1.807) is 16.7 Å². The van der Waals surface area contributed by atoms with Gasteiger partial charge in [0, 0.05) is 48.2 Å². The van der Waals surface area contributed by atoms with Gasteiger partial charge in [0.15, 0.2) is 11.5 Å². The molecule has 6 nitrogen and oxygen atoms in total. The Morgan fingerprint density at radius 2 is 1.90 bits per heavy atom. The number of alkyl halides is 2. The van der Waals surface area contributed by atoms with Crippen molar-refractivity contribution in [2.24, 2.45) is 0 Å². The molecular formula is C20H16F3N5O. The van der Waals surface area contributed by atoms with Gasteiger partial charge in [-0.1, -0.05) is 0 Å². The van der Waals surface area contributed by atoms with Gasteiger partial charge in [-0.05, 0) is 31.0 Å². The number of aromatic nitrogens is 5. The number of fused-ring (bicyclic) bond motifs is 3. The van der Waals surface area contributed by atoms with Crippen LogP contribution in [0.5, 0.6) is 0 Å². The smallest absolute Gasteiger partial charge is 0.265 e. The molecule has 0 unspecified atom stereocenters. The normalized spacial score (nSPS) is 15.6. The molecule has 3 aromatic heterocycles. The molecule has 1 saturated heterocycles. The van der Waals surface area contributed by atoms with Crippen LogP contribution < -0.4 is 0 Å². The molecule has 1 aliphatic rings. The van der Waals surface area contributed by atoms with Crippen molar-refractivity contribution in [3.8, 4) is 11.1 Å². The minimum absolute atomic E-state index is 0.0937. The Kier molecular flexibility index (Phi) is 4.39. The maximum Gasteiger partial charge on any atom is 0.265 e. The van der Waals surface area contributed by atoms with Crippen LogP contribution in [0.3, 0.4) is 0 Å². The van der Waals surface area contributed by atoms with Crippen LogP contribution in [-0.4, -0.2) is 37.8 Å². The second kappa shape index (κ2) is 7.07. The molecule has 0 radical (unpaired) electrons. The van der Waals surface area contributed by atoms with Gasteiger partial charge in [0.25, 0.3) is 6.43 Å². The molecule has 1 fully saturated rings. The van der Waals surface area contributed by atoms with Gasteiger partial charge in [-0.25, -0.2) is 13.2 Å². The van der Waals surface area contributed by atoms with Gasteiger partial charge in [-0.2, -0.15) is 0 Å². The molecule has 0 N–H and O–H groups in total. The summed E-state index contributed by atoms with van der Waals surface area (Å²) in [5, 5.41) is 8.45. The van der Waals surface area contributed by atoms with Crippen molar-refractivity contribution in [1.82, 2.24) is 24.6 Å². The summed E-state index contributed by atoms with van der Waals surface area (Å²) in [5.41, 5.74) is 1.30. The summed E-state index contributed by atoms with van der Waals surface area (Å²) in [4.78, 5) is 8.12. The van der Waals surface area contributed by atoms with Crippen LogP contribution >= 0.6 is 0 Å². The van der Waals surface area contributed by atoms with E-state index in [2.05, 4.69) is 20.2 Å². The molecule has 148 valence electrons. The minimum Gasteiger partial charge on any atom is -0.381 e. The SMILES string of the molecule is Fc1c(-c2cncc(C(F)F)c2)ccc2ncc3nnc(C4CCOCC4)n3c12. The van der Waals surface area contributed by atoms with Crippen molar-refractivity contribution in [3.63, 3.8) is 0 Å². The van der Waals surface area contributed by atoms with Gasteiger partial charge in [0.1, 0.15) is 11.3 Å². The van der Waals surface area contributed by atoms with Gasteiger partial charge >= 0.3 is 0 Å². The number of hydrogen-bond acceptors (Lipinski definition) is 5. The van der Waals surface area contributed by atoms with E-state index in [4.69, 9.17) is 4.74 Å². The predicted molar refractivity (Wildman–Crippen MR) is 99.2 cm³/mol. The predicted octanol–water partition coefficient (Wildman–Crippen LogP) is 4.31. The average Bonchev–Trinajstić information content (AvgIpc) is 3.19. The monoisotopic (exact) mass is 399 g/mol. The molecule has 4 heterocycles. The third-order valence-corrected chi connectivity index (χ3v) is 5.26. The number of halogens is 3. The highest BCUT2D eigenvalue weighted by Gasteiger charge is 2.24. The van der Waals surface area contributed by atoms with Crippen molar-refractivity contribution in [3.05, 3.63) is 54.0 Å². The van der Waals surface area contributed by atoms with E-state index in [0.717, 1.165) is 19.0 Å². The van der Waals surface area contributed by atoms with Gasteiger partial charge in [0.05, 0.1) is 11.7 Å². The summed E-state index contributed by atoms with van der Waals surface area (Å²) >= 11 is 0. The van der Waals surface area contributed by atoms with E-state index in [1.165, 1.54) is 18.3 Å². The van der Waals surface area contributed by atoms with Crippen molar-refractivity contribution in [1.29, 1.82) is 0 Å². The summed E-state index contributed by atoms with van der Waals surface area (Å²) in [6.45, 7) is 1.23. The van der Waals surface area contributed by atoms with E-state index in [-0.39, 0.29) is 28.1 Å². The Labute approximate surface area is 163 Å². The third-order valence-electron chi connectivity index (χ3n) is 5.26. The molecule has 0 bridgehead atoms. The van der Waals surface area contributed by atoms with Crippen molar-refractivity contribution in [2.75, 3.05) is 13.2 Å². The third kappa shape index (κ3) is 3.02. The van der Waals surface area contributed by atoms with Gasteiger partial charge < -0.3 is 4.74 Å². The van der Waals surface area contributed by atoms with Gasteiger partial charge in [-0.15, -0.1) is 10.2 Å². The first-order valence-corrected chi connectivity index (χ1v) is 9.27. The van der Waals surface area contributed by atoms with Crippen molar-refractivity contribution >= 4 is 16.7 Å². The first-order valence-electron chi connectivity index (χ1n) is 9.27. The molecular weight excluding hydrogens is 383 g/mol. The quantitative estimate of drug-likeness (QED) is 0.514. The molecule has 1 aromatic carbocycles. The lowest BCUT2D eigenvalue weighted by Crippen LogP contribution is -2.16. The molecule has 9 heteroatoms. The van der Waals surface area contributed by atoms with Crippen LogP contribution in [0.25, 0.3) is 27.8 Å². The number of nitrogens with zero attached hydrogens (tertiary/aromatic N) is 5. The summed E-state index contributed by atoms with van der Waals surface area (Å²) < 4.78 is 48.9. The lowest BCUT2D eigenvalue weighted by Gasteiger charge is -2.21. The summed E-state index contributed by atoms with van der Waals surface area (Å²) in [5.74, 6) is 0.185. The first-order chi connectivity index (χ1) is 14.1. The fourth-order valence-corrected chi connectivity index (χ4v) is 3.79. The Morgan fingerprint density at radius 1 is 1.07 bits per heavy atom. The van der Waals surface area contributed by atoms with E-state index in [9.17, 15) is 8.78 Å². The fraction of sp³-hybridized carbons (Fsp3) is 0.300. The molecule has 0 amide bonds. The number of ether oxygens (including phenoxy) is 1. The van der Waals surface area contributed by atoms with Crippen LogP contribution in [0.4, 0.5) is 13.2 Å². The standard InChI is InChI=1S/C20H16F3N5O/c21-17-14(12-7-13(19(22)23)9-24-8-12)1-2-15-18(17)28-16(10-25-15)26-27-20(28)11-3-5-29-6-4-11/h1-2,7-11,19H,3-6H2. The molecule has 4 aromatic rings. The van der Waals surface area contributed by atoms with E-state index < -0.39 is 12.2 Å². The topological polar surface area (TPSA) is 65.2 Å². The van der Waals surface area contributed by atoms with Crippen LogP contribution in [0.2, 0.25) is 0 Å². The van der Waals surface area contributed by atoms with E-state index >= 15 is 4.39 Å². The second-order valence-electron chi connectivity index (χ2n) is 7.00. The van der Waals surface area contributed by atoms with Crippen LogP contribution in [0.15, 0.2) is 36.8 Å². The fourth-order valence-electron chi connectivity index (χ4n) is 3.79. The summed E-state index contributed by atoms with van der Waals surface area (Å²) in [6.07, 6.45) is 2.86. The molecule has 0 saturated carbocycles. The number of rotatable bonds is 3. The Hall–Kier alpha value is -3.07. The maximum absolute atomic E-state index is 15.7. The van der Waals surface area contributed by atoms with Gasteiger partial charge in [0.2, 0.25) is 0 Å². The zero-order valence-electron chi connectivity index (χ0n) is 15.2. The molecule has 29 heavy (non-hydrogen) atoms. The highest BCUT2D eigenvalue weighted by Crippen LogP contribution is 2.33. The van der Waals surface area contributed by atoms with Crippen LogP contribution in [0, 0.1) is 5.82 Å². The Balaban J connectivity index is 1.74. The molecule has 0 spiro atoms. The summed E-state index contributed by atoms with van der Waals surface area (Å²) in [6, 6.07) is 4.44. The Bertz CT molecular complexity index is 1200. The van der Waals surface area contributed by atoms with Crippen LogP contribution in [-0.2, 0) is 4.74 Å². The summed E-state index contributed by atoms with van der Waals surface area (Å²) in [7, 11) is 0. The first kappa shape index (κ1) is 18.0. The number of pyridine rings is 1. The highest BCUT2D eigenvalue weighted by atomic mass is 19.3. The lowest BCUT2D eigenvalue weighted by molar-refractivity contribution is 0.0834. The van der Waals surface area contributed by atoms with E-state index in [0.29, 0.717) is 30.2 Å². The molecule has 1 aliphatic heterocycles. The molecule has 5 rings (SSSR count). The lowest BCUT2D eigenvalue weighted by atomic mass is 9.99. The number of hydrogen-bond donors (Lipinski definition) is 0.